The summed E-state index contributed by atoms with van der Waals surface area (Å²) in [6.45, 7) is 9.56. The third-order valence-corrected chi connectivity index (χ3v) is 2.79. The molecule has 0 bridgehead atoms. The van der Waals surface area contributed by atoms with Crippen LogP contribution >= 0.6 is 0 Å². The van der Waals surface area contributed by atoms with E-state index in [9.17, 15) is 0 Å². The summed E-state index contributed by atoms with van der Waals surface area (Å²) in [5.41, 5.74) is 11.5. The zero-order valence-electron chi connectivity index (χ0n) is 10.4. The van der Waals surface area contributed by atoms with Crippen LogP contribution in [-0.4, -0.2) is 0 Å². The zero-order chi connectivity index (χ0) is 11.4. The fourth-order valence-electron chi connectivity index (χ4n) is 2.17. The van der Waals surface area contributed by atoms with E-state index in [0.717, 1.165) is 12.8 Å². The molecule has 1 nitrogen and oxygen atoms in total. The van der Waals surface area contributed by atoms with Gasteiger partial charge in [-0.05, 0) is 42.4 Å². The smallest absolute Gasteiger partial charge is 0.0183 e. The molecule has 1 heteroatoms. The van der Waals surface area contributed by atoms with Gasteiger partial charge >= 0.3 is 0 Å². The minimum atomic E-state index is 0.672. The highest BCUT2D eigenvalue weighted by Crippen LogP contribution is 2.20. The number of hydrogen-bond acceptors (Lipinski definition) is 1. The van der Waals surface area contributed by atoms with Crippen LogP contribution in [0, 0.1) is 12.8 Å². The second-order valence-electron chi connectivity index (χ2n) is 4.72. The topological polar surface area (TPSA) is 26.0 Å². The molecule has 0 unspecified atom stereocenters. The number of aryl methyl sites for hydroxylation is 2. The lowest BCUT2D eigenvalue weighted by Crippen LogP contribution is -2.08. The average Bonchev–Trinajstić information content (AvgIpc) is 2.15. The summed E-state index contributed by atoms with van der Waals surface area (Å²) in [5.74, 6) is 0.696. The van der Waals surface area contributed by atoms with Crippen molar-refractivity contribution in [2.45, 2.75) is 47.1 Å². The van der Waals surface area contributed by atoms with E-state index in [2.05, 4.69) is 39.8 Å². The summed E-state index contributed by atoms with van der Waals surface area (Å²) in [6.07, 6.45) is 2.22. The van der Waals surface area contributed by atoms with Gasteiger partial charge in [0.05, 0.1) is 0 Å². The van der Waals surface area contributed by atoms with Gasteiger partial charge in [0.1, 0.15) is 0 Å². The highest BCUT2D eigenvalue weighted by atomic mass is 14.5. The molecule has 15 heavy (non-hydrogen) atoms. The first-order valence-electron chi connectivity index (χ1n) is 5.89. The Hall–Kier alpha value is -0.820. The van der Waals surface area contributed by atoms with Crippen molar-refractivity contribution >= 4 is 0 Å². The Morgan fingerprint density at radius 1 is 1.20 bits per heavy atom. The van der Waals surface area contributed by atoms with Crippen LogP contribution < -0.4 is 5.73 Å². The highest BCUT2D eigenvalue weighted by Gasteiger charge is 2.08. The molecule has 0 saturated heterocycles. The monoisotopic (exact) mass is 205 g/mol. The molecule has 0 heterocycles. The normalized spacial score (nSPS) is 11.1. The van der Waals surface area contributed by atoms with Crippen LogP contribution in [0.5, 0.6) is 0 Å². The van der Waals surface area contributed by atoms with Crippen molar-refractivity contribution in [3.8, 4) is 0 Å². The standard InChI is InChI=1S/C14H23N/c1-5-12-7-11(4)8-13(6-10(2)3)14(12)9-15/h7-8,10H,5-6,9,15H2,1-4H3. The fourth-order valence-corrected chi connectivity index (χ4v) is 2.17. The van der Waals surface area contributed by atoms with E-state index in [1.807, 2.05) is 0 Å². The van der Waals surface area contributed by atoms with Gasteiger partial charge < -0.3 is 5.73 Å². The first-order chi connectivity index (χ1) is 7.08. The Morgan fingerprint density at radius 3 is 2.27 bits per heavy atom. The van der Waals surface area contributed by atoms with Crippen LogP contribution in [0.25, 0.3) is 0 Å². The summed E-state index contributed by atoms with van der Waals surface area (Å²) >= 11 is 0. The molecule has 0 saturated carbocycles. The second-order valence-corrected chi connectivity index (χ2v) is 4.72. The molecule has 0 aromatic heterocycles. The molecule has 1 aromatic carbocycles. The average molecular weight is 205 g/mol. The molecule has 0 aliphatic carbocycles. The predicted octanol–water partition coefficient (Wildman–Crippen LogP) is 3.21. The molecule has 0 radical (unpaired) electrons. The molecule has 0 atom stereocenters. The Kier molecular flexibility index (Phi) is 4.34. The largest absolute Gasteiger partial charge is 0.326 e. The predicted molar refractivity (Wildman–Crippen MR) is 67.0 cm³/mol. The fraction of sp³-hybridized carbons (Fsp3) is 0.571. The van der Waals surface area contributed by atoms with Gasteiger partial charge in [0.15, 0.2) is 0 Å². The van der Waals surface area contributed by atoms with Gasteiger partial charge in [0.2, 0.25) is 0 Å². The maximum atomic E-state index is 5.85. The van der Waals surface area contributed by atoms with Gasteiger partial charge in [-0.25, -0.2) is 0 Å². The Balaban J connectivity index is 3.16. The van der Waals surface area contributed by atoms with Crippen molar-refractivity contribution in [2.24, 2.45) is 11.7 Å². The molecular weight excluding hydrogens is 182 g/mol. The summed E-state index contributed by atoms with van der Waals surface area (Å²) in [7, 11) is 0. The number of hydrogen-bond donors (Lipinski definition) is 1. The molecular formula is C14H23N. The lowest BCUT2D eigenvalue weighted by molar-refractivity contribution is 0.641. The molecule has 84 valence electrons. The second kappa shape index (κ2) is 5.32. The number of benzene rings is 1. The minimum Gasteiger partial charge on any atom is -0.326 e. The maximum Gasteiger partial charge on any atom is 0.0183 e. The van der Waals surface area contributed by atoms with Crippen molar-refractivity contribution in [1.82, 2.24) is 0 Å². The summed E-state index contributed by atoms with van der Waals surface area (Å²) in [4.78, 5) is 0. The first kappa shape index (κ1) is 12.3. The van der Waals surface area contributed by atoms with Crippen molar-refractivity contribution in [3.05, 3.63) is 34.4 Å². The molecule has 0 spiro atoms. The van der Waals surface area contributed by atoms with Crippen molar-refractivity contribution in [2.75, 3.05) is 0 Å². The van der Waals surface area contributed by atoms with Crippen LogP contribution in [0.15, 0.2) is 12.1 Å². The van der Waals surface area contributed by atoms with E-state index in [4.69, 9.17) is 5.73 Å². The van der Waals surface area contributed by atoms with E-state index in [-0.39, 0.29) is 0 Å². The maximum absolute atomic E-state index is 5.85. The minimum absolute atomic E-state index is 0.672. The molecule has 1 aromatic rings. The third-order valence-electron chi connectivity index (χ3n) is 2.79. The third kappa shape index (κ3) is 3.07. The van der Waals surface area contributed by atoms with Gasteiger partial charge in [-0.3, -0.25) is 0 Å². The van der Waals surface area contributed by atoms with Crippen LogP contribution in [-0.2, 0) is 19.4 Å². The van der Waals surface area contributed by atoms with E-state index >= 15 is 0 Å². The van der Waals surface area contributed by atoms with Crippen molar-refractivity contribution < 1.29 is 0 Å². The lowest BCUT2D eigenvalue weighted by atomic mass is 9.91. The van der Waals surface area contributed by atoms with E-state index in [0.29, 0.717) is 12.5 Å². The molecule has 0 aliphatic rings. The summed E-state index contributed by atoms with van der Waals surface area (Å²) in [6, 6.07) is 4.56. The molecule has 0 fully saturated rings. The van der Waals surface area contributed by atoms with Crippen LogP contribution in [0.2, 0.25) is 0 Å². The van der Waals surface area contributed by atoms with Gasteiger partial charge in [0, 0.05) is 6.54 Å². The highest BCUT2D eigenvalue weighted by molar-refractivity contribution is 5.39. The summed E-state index contributed by atoms with van der Waals surface area (Å²) < 4.78 is 0. The number of rotatable bonds is 4. The van der Waals surface area contributed by atoms with Gasteiger partial charge in [-0.15, -0.1) is 0 Å². The SMILES string of the molecule is CCc1cc(C)cc(CC(C)C)c1CN. The van der Waals surface area contributed by atoms with Crippen molar-refractivity contribution in [3.63, 3.8) is 0 Å². The molecule has 1 rings (SSSR count). The van der Waals surface area contributed by atoms with Gasteiger partial charge in [-0.2, -0.15) is 0 Å². The quantitative estimate of drug-likeness (QED) is 0.802. The van der Waals surface area contributed by atoms with E-state index < -0.39 is 0 Å². The van der Waals surface area contributed by atoms with Gasteiger partial charge in [-0.1, -0.05) is 38.5 Å². The Labute approximate surface area is 93.7 Å². The van der Waals surface area contributed by atoms with Gasteiger partial charge in [0.25, 0.3) is 0 Å². The zero-order valence-corrected chi connectivity index (χ0v) is 10.4. The van der Waals surface area contributed by atoms with E-state index in [1.54, 1.807) is 0 Å². The first-order valence-corrected chi connectivity index (χ1v) is 5.89. The van der Waals surface area contributed by atoms with Crippen LogP contribution in [0.1, 0.15) is 43.0 Å². The molecule has 0 amide bonds. The Morgan fingerprint density at radius 2 is 1.80 bits per heavy atom. The molecule has 0 aliphatic heterocycles. The van der Waals surface area contributed by atoms with Crippen molar-refractivity contribution in [1.29, 1.82) is 0 Å². The van der Waals surface area contributed by atoms with Crippen LogP contribution in [0.4, 0.5) is 0 Å². The van der Waals surface area contributed by atoms with E-state index in [1.165, 1.54) is 22.3 Å². The number of nitrogens with two attached hydrogens (primary N) is 1. The van der Waals surface area contributed by atoms with Crippen LogP contribution in [0.3, 0.4) is 0 Å². The Bertz CT molecular complexity index is 326. The summed E-state index contributed by atoms with van der Waals surface area (Å²) in [5, 5.41) is 0. The lowest BCUT2D eigenvalue weighted by Gasteiger charge is -2.15. The molecule has 2 N–H and O–H groups in total.